The first-order valence-electron chi connectivity index (χ1n) is 8.57. The molecule has 0 spiro atoms. The van der Waals surface area contributed by atoms with E-state index in [2.05, 4.69) is 0 Å². The van der Waals surface area contributed by atoms with Crippen molar-refractivity contribution in [3.05, 3.63) is 24.3 Å². The van der Waals surface area contributed by atoms with E-state index >= 15 is 0 Å². The minimum absolute atomic E-state index is 0.0432. The summed E-state index contributed by atoms with van der Waals surface area (Å²) in [5, 5.41) is 0. The second kappa shape index (κ2) is 9.11. The molecule has 1 heterocycles. The Balaban J connectivity index is 2.27. The van der Waals surface area contributed by atoms with Crippen molar-refractivity contribution in [2.24, 2.45) is 5.73 Å². The molecule has 0 bridgehead atoms. The van der Waals surface area contributed by atoms with Crippen molar-refractivity contribution in [3.8, 4) is 0 Å². The van der Waals surface area contributed by atoms with Crippen LogP contribution in [0.25, 0.3) is 0 Å². The normalized spacial score (nSPS) is 16.5. The van der Waals surface area contributed by atoms with Crippen molar-refractivity contribution >= 4 is 26.0 Å². The molecule has 2 rings (SSSR count). The Morgan fingerprint density at radius 2 is 1.63 bits per heavy atom. The fourth-order valence-electron chi connectivity index (χ4n) is 2.84. The molecular weight excluding hydrogens is 394 g/mol. The lowest BCUT2D eigenvalue weighted by atomic mass is 10.2. The third-order valence-corrected chi connectivity index (χ3v) is 8.06. The molecule has 0 aliphatic carbocycles. The zero-order chi connectivity index (χ0) is 20.1. The van der Waals surface area contributed by atoms with Crippen LogP contribution in [-0.4, -0.2) is 71.2 Å². The van der Waals surface area contributed by atoms with E-state index in [1.54, 1.807) is 0 Å². The Morgan fingerprint density at radius 3 is 2.15 bits per heavy atom. The molecular formula is C16H25N3O6S2. The summed E-state index contributed by atoms with van der Waals surface area (Å²) in [7, 11) is -6.25. The van der Waals surface area contributed by atoms with Crippen LogP contribution in [0.2, 0.25) is 0 Å². The second-order valence-electron chi connectivity index (χ2n) is 6.23. The van der Waals surface area contributed by atoms with Gasteiger partial charge < -0.3 is 10.5 Å². The van der Waals surface area contributed by atoms with Crippen molar-refractivity contribution in [2.75, 3.05) is 39.9 Å². The van der Waals surface area contributed by atoms with Crippen molar-refractivity contribution in [1.29, 1.82) is 0 Å². The van der Waals surface area contributed by atoms with Crippen molar-refractivity contribution < 1.29 is 26.4 Å². The first kappa shape index (κ1) is 21.8. The van der Waals surface area contributed by atoms with E-state index < -0.39 is 32.5 Å². The molecule has 1 fully saturated rings. The Morgan fingerprint density at radius 1 is 1.07 bits per heavy atom. The quantitative estimate of drug-likeness (QED) is 0.599. The van der Waals surface area contributed by atoms with Crippen LogP contribution in [-0.2, 0) is 29.6 Å². The molecule has 0 unspecified atom stereocenters. The Hall–Kier alpha value is -1.53. The summed E-state index contributed by atoms with van der Waals surface area (Å²) >= 11 is 0. The minimum atomic E-state index is -4.01. The van der Waals surface area contributed by atoms with Crippen LogP contribution in [0.1, 0.15) is 19.3 Å². The van der Waals surface area contributed by atoms with Gasteiger partial charge in [-0.15, -0.1) is 0 Å². The maximum atomic E-state index is 12.7. The van der Waals surface area contributed by atoms with Gasteiger partial charge in [-0.25, -0.2) is 16.8 Å². The molecule has 9 nitrogen and oxygen atoms in total. The summed E-state index contributed by atoms with van der Waals surface area (Å²) in [6.45, 7) is 0.487. The number of sulfonamides is 2. The lowest BCUT2D eigenvalue weighted by Gasteiger charge is -2.26. The maximum Gasteiger partial charge on any atom is 0.243 e. The number of hydrogen-bond acceptors (Lipinski definition) is 6. The molecule has 0 saturated carbocycles. The molecule has 1 aromatic carbocycles. The van der Waals surface area contributed by atoms with Crippen LogP contribution in [0.15, 0.2) is 34.1 Å². The van der Waals surface area contributed by atoms with Gasteiger partial charge in [-0.1, -0.05) is 6.42 Å². The van der Waals surface area contributed by atoms with Gasteiger partial charge in [-0.05, 0) is 37.1 Å². The predicted molar refractivity (Wildman–Crippen MR) is 98.9 cm³/mol. The SMILES string of the molecule is COCCN(CC(N)=O)S(=O)(=O)c1ccc(S(=O)(=O)N2CCCCC2)cc1. The smallest absolute Gasteiger partial charge is 0.243 e. The molecule has 1 aliphatic rings. The summed E-state index contributed by atoms with van der Waals surface area (Å²) in [6, 6.07) is 5.01. The summed E-state index contributed by atoms with van der Waals surface area (Å²) in [5.41, 5.74) is 5.13. The molecule has 11 heteroatoms. The minimum Gasteiger partial charge on any atom is -0.383 e. The molecule has 1 aliphatic heterocycles. The maximum absolute atomic E-state index is 12.7. The largest absolute Gasteiger partial charge is 0.383 e. The third-order valence-electron chi connectivity index (χ3n) is 4.29. The van der Waals surface area contributed by atoms with Gasteiger partial charge in [0.2, 0.25) is 26.0 Å². The Labute approximate surface area is 160 Å². The van der Waals surface area contributed by atoms with Crippen molar-refractivity contribution in [2.45, 2.75) is 29.1 Å². The van der Waals surface area contributed by atoms with Gasteiger partial charge in [0.15, 0.2) is 0 Å². The monoisotopic (exact) mass is 419 g/mol. The number of piperidine rings is 1. The first-order valence-corrected chi connectivity index (χ1v) is 11.4. The van der Waals surface area contributed by atoms with E-state index in [9.17, 15) is 21.6 Å². The number of nitrogens with two attached hydrogens (primary N) is 1. The molecule has 0 atom stereocenters. The van der Waals surface area contributed by atoms with Crippen LogP contribution >= 0.6 is 0 Å². The van der Waals surface area contributed by atoms with Crippen LogP contribution in [0.5, 0.6) is 0 Å². The van der Waals surface area contributed by atoms with E-state index in [0.29, 0.717) is 13.1 Å². The van der Waals surface area contributed by atoms with Gasteiger partial charge in [0.25, 0.3) is 0 Å². The van der Waals surface area contributed by atoms with E-state index in [4.69, 9.17) is 10.5 Å². The van der Waals surface area contributed by atoms with Gasteiger partial charge in [-0.3, -0.25) is 4.79 Å². The van der Waals surface area contributed by atoms with Crippen LogP contribution < -0.4 is 5.73 Å². The molecule has 152 valence electrons. The predicted octanol–water partition coefficient (Wildman–Crippen LogP) is -0.0164. The topological polar surface area (TPSA) is 127 Å². The number of benzene rings is 1. The summed E-state index contributed by atoms with van der Waals surface area (Å²) in [5.74, 6) is -0.793. The van der Waals surface area contributed by atoms with Gasteiger partial charge in [0, 0.05) is 26.7 Å². The molecule has 0 aromatic heterocycles. The number of hydrogen-bond donors (Lipinski definition) is 1. The number of carbonyl (C=O) groups excluding carboxylic acids is 1. The molecule has 27 heavy (non-hydrogen) atoms. The zero-order valence-electron chi connectivity index (χ0n) is 15.2. The first-order chi connectivity index (χ1) is 12.7. The number of primary amides is 1. The van der Waals surface area contributed by atoms with E-state index in [1.807, 2.05) is 0 Å². The van der Waals surface area contributed by atoms with Gasteiger partial charge in [-0.2, -0.15) is 8.61 Å². The Kier molecular flexibility index (Phi) is 7.34. The molecule has 2 N–H and O–H groups in total. The molecule has 1 amide bonds. The summed E-state index contributed by atoms with van der Waals surface area (Å²) < 4.78 is 58.0. The van der Waals surface area contributed by atoms with E-state index in [1.165, 1.54) is 35.7 Å². The molecule has 1 saturated heterocycles. The Bertz CT molecular complexity index is 847. The number of ether oxygens (including phenoxy) is 1. The highest BCUT2D eigenvalue weighted by Crippen LogP contribution is 2.23. The number of nitrogens with zero attached hydrogens (tertiary/aromatic N) is 2. The third kappa shape index (κ3) is 5.26. The fourth-order valence-corrected chi connectivity index (χ4v) is 5.75. The van der Waals surface area contributed by atoms with Gasteiger partial charge in [0.05, 0.1) is 22.9 Å². The summed E-state index contributed by atoms with van der Waals surface area (Å²) in [6.07, 6.45) is 2.63. The second-order valence-corrected chi connectivity index (χ2v) is 10.1. The van der Waals surface area contributed by atoms with Crippen molar-refractivity contribution in [1.82, 2.24) is 8.61 Å². The fraction of sp³-hybridized carbons (Fsp3) is 0.562. The lowest BCUT2D eigenvalue weighted by molar-refractivity contribution is -0.118. The van der Waals surface area contributed by atoms with Crippen LogP contribution in [0.3, 0.4) is 0 Å². The van der Waals surface area contributed by atoms with Crippen LogP contribution in [0, 0.1) is 0 Å². The van der Waals surface area contributed by atoms with E-state index in [-0.39, 0.29) is 22.9 Å². The summed E-state index contributed by atoms with van der Waals surface area (Å²) in [4.78, 5) is 11.1. The van der Waals surface area contributed by atoms with Crippen molar-refractivity contribution in [3.63, 3.8) is 0 Å². The molecule has 0 radical (unpaired) electrons. The number of rotatable bonds is 9. The highest BCUT2D eigenvalue weighted by Gasteiger charge is 2.28. The van der Waals surface area contributed by atoms with Gasteiger partial charge >= 0.3 is 0 Å². The standard InChI is InChI=1S/C16H25N3O6S2/c1-25-12-11-19(13-16(17)20)27(23,24)15-7-5-14(6-8-15)26(21,22)18-9-3-2-4-10-18/h5-8H,2-4,9-13H2,1H3,(H2,17,20). The highest BCUT2D eigenvalue weighted by molar-refractivity contribution is 7.89. The van der Waals surface area contributed by atoms with E-state index in [0.717, 1.165) is 23.6 Å². The van der Waals surface area contributed by atoms with Crippen LogP contribution in [0.4, 0.5) is 0 Å². The number of methoxy groups -OCH3 is 1. The zero-order valence-corrected chi connectivity index (χ0v) is 16.8. The average molecular weight is 420 g/mol. The number of carbonyl (C=O) groups is 1. The molecule has 1 aromatic rings. The average Bonchev–Trinajstić information content (AvgIpc) is 2.65. The number of amides is 1. The highest BCUT2D eigenvalue weighted by atomic mass is 32.2. The van der Waals surface area contributed by atoms with Gasteiger partial charge in [0.1, 0.15) is 0 Å². The lowest BCUT2D eigenvalue weighted by Crippen LogP contribution is -2.40.